The van der Waals surface area contributed by atoms with Crippen LogP contribution in [0.3, 0.4) is 0 Å². The molecule has 0 atom stereocenters. The molecular formula is C6H4N2O3. The first-order chi connectivity index (χ1) is 5.26. The number of carbonyl (C=O) groups is 3. The Kier molecular flexibility index (Phi) is 1.72. The van der Waals surface area contributed by atoms with Crippen molar-refractivity contribution >= 4 is 18.9 Å². The number of carbonyl (C=O) groups excluding carboxylic acids is 3. The van der Waals surface area contributed by atoms with Crippen LogP contribution in [-0.2, 0) is 14.4 Å². The van der Waals surface area contributed by atoms with Gasteiger partial charge in [0, 0.05) is 0 Å². The summed E-state index contributed by atoms with van der Waals surface area (Å²) in [4.78, 5) is 30.6. The maximum atomic E-state index is 10.3. The second-order valence-electron chi connectivity index (χ2n) is 2.01. The van der Waals surface area contributed by atoms with Crippen LogP contribution in [0.5, 0.6) is 0 Å². The van der Waals surface area contributed by atoms with Gasteiger partial charge >= 0.3 is 0 Å². The molecule has 0 N–H and O–H groups in total. The summed E-state index contributed by atoms with van der Waals surface area (Å²) in [5.74, 6) is 0. The molecule has 0 aromatic heterocycles. The van der Waals surface area contributed by atoms with E-state index in [2.05, 4.69) is 10.2 Å². The fourth-order valence-electron chi connectivity index (χ4n) is 0.640. The van der Waals surface area contributed by atoms with E-state index in [0.29, 0.717) is 18.9 Å². The summed E-state index contributed by atoms with van der Waals surface area (Å²) in [5, 5.41) is 6.63. The molecule has 1 rings (SSSR count). The average Bonchev–Trinajstić information content (AvgIpc) is 2.49. The lowest BCUT2D eigenvalue weighted by molar-refractivity contribution is -0.118. The predicted octanol–water partition coefficient (Wildman–Crippen LogP) is -0.328. The molecule has 0 aromatic rings. The molecule has 5 heteroatoms. The fraction of sp³-hybridized carbons (Fsp3) is 0.167. The van der Waals surface area contributed by atoms with Crippen molar-refractivity contribution in [2.45, 2.75) is 5.54 Å². The summed E-state index contributed by atoms with van der Waals surface area (Å²) in [6.07, 6.45) is 2.21. The van der Waals surface area contributed by atoms with Crippen molar-refractivity contribution in [3.63, 3.8) is 0 Å². The van der Waals surface area contributed by atoms with Gasteiger partial charge < -0.3 is 0 Å². The molecule has 5 nitrogen and oxygen atoms in total. The van der Waals surface area contributed by atoms with Crippen LogP contribution in [0.4, 0.5) is 0 Å². The second-order valence-corrected chi connectivity index (χ2v) is 2.01. The molecule has 0 radical (unpaired) electrons. The third-order valence-corrected chi connectivity index (χ3v) is 1.22. The van der Waals surface area contributed by atoms with Crippen molar-refractivity contribution < 1.29 is 14.4 Å². The van der Waals surface area contributed by atoms with E-state index in [-0.39, 0.29) is 5.70 Å². The molecule has 0 saturated heterocycles. The number of allylic oxidation sites excluding steroid dienone is 1. The van der Waals surface area contributed by atoms with E-state index in [9.17, 15) is 14.4 Å². The van der Waals surface area contributed by atoms with E-state index in [1.54, 1.807) is 0 Å². The number of azo groups is 1. The number of aldehydes is 3. The van der Waals surface area contributed by atoms with Crippen LogP contribution in [0.1, 0.15) is 0 Å². The minimum Gasteiger partial charge on any atom is -0.300 e. The van der Waals surface area contributed by atoms with E-state index in [4.69, 9.17) is 0 Å². The number of hydrogen-bond donors (Lipinski definition) is 0. The lowest BCUT2D eigenvalue weighted by Gasteiger charge is -2.01. The van der Waals surface area contributed by atoms with E-state index >= 15 is 0 Å². The van der Waals surface area contributed by atoms with Gasteiger partial charge in [-0.15, -0.1) is 0 Å². The largest absolute Gasteiger partial charge is 0.300 e. The van der Waals surface area contributed by atoms with E-state index in [1.807, 2.05) is 0 Å². The van der Waals surface area contributed by atoms with Gasteiger partial charge in [0.1, 0.15) is 5.70 Å². The fourth-order valence-corrected chi connectivity index (χ4v) is 0.640. The van der Waals surface area contributed by atoms with Gasteiger partial charge in [-0.1, -0.05) is 0 Å². The minimum atomic E-state index is -1.55. The van der Waals surface area contributed by atoms with Gasteiger partial charge in [0.2, 0.25) is 5.54 Å². The van der Waals surface area contributed by atoms with Crippen LogP contribution in [-0.4, -0.2) is 24.4 Å². The van der Waals surface area contributed by atoms with Crippen LogP contribution in [0.15, 0.2) is 22.0 Å². The molecule has 0 bridgehead atoms. The summed E-state index contributed by atoms with van der Waals surface area (Å²) in [6, 6.07) is 0. The van der Waals surface area contributed by atoms with E-state index in [0.717, 1.165) is 6.08 Å². The summed E-state index contributed by atoms with van der Waals surface area (Å²) >= 11 is 0. The Morgan fingerprint density at radius 1 is 1.27 bits per heavy atom. The zero-order valence-corrected chi connectivity index (χ0v) is 5.43. The maximum Gasteiger partial charge on any atom is 0.212 e. The molecule has 56 valence electrons. The quantitative estimate of drug-likeness (QED) is 0.410. The molecule has 1 aliphatic rings. The highest BCUT2D eigenvalue weighted by Gasteiger charge is 2.31. The van der Waals surface area contributed by atoms with Crippen LogP contribution in [0, 0.1) is 0 Å². The summed E-state index contributed by atoms with van der Waals surface area (Å²) < 4.78 is 0. The zero-order valence-electron chi connectivity index (χ0n) is 5.43. The molecule has 11 heavy (non-hydrogen) atoms. The molecule has 0 spiro atoms. The average molecular weight is 152 g/mol. The highest BCUT2D eigenvalue weighted by molar-refractivity contribution is 5.95. The number of rotatable bonds is 3. The Morgan fingerprint density at radius 2 is 1.91 bits per heavy atom. The highest BCUT2D eigenvalue weighted by Crippen LogP contribution is 2.18. The first-order valence-electron chi connectivity index (χ1n) is 2.80. The van der Waals surface area contributed by atoms with Crippen LogP contribution in [0.25, 0.3) is 0 Å². The molecule has 0 aliphatic carbocycles. The van der Waals surface area contributed by atoms with Gasteiger partial charge in [-0.25, -0.2) is 0 Å². The van der Waals surface area contributed by atoms with Crippen LogP contribution in [0.2, 0.25) is 0 Å². The van der Waals surface area contributed by atoms with Crippen molar-refractivity contribution in [2.75, 3.05) is 0 Å². The van der Waals surface area contributed by atoms with Crippen LogP contribution < -0.4 is 0 Å². The smallest absolute Gasteiger partial charge is 0.212 e. The van der Waals surface area contributed by atoms with Gasteiger partial charge in [-0.05, 0) is 6.08 Å². The topological polar surface area (TPSA) is 75.9 Å². The molecule has 1 heterocycles. The Labute approximate surface area is 61.8 Å². The third-order valence-electron chi connectivity index (χ3n) is 1.22. The first kappa shape index (κ1) is 7.46. The van der Waals surface area contributed by atoms with Gasteiger partial charge in [-0.3, -0.25) is 14.4 Å². The van der Waals surface area contributed by atoms with Crippen molar-refractivity contribution in [1.82, 2.24) is 0 Å². The number of hydrogen-bond acceptors (Lipinski definition) is 5. The molecular weight excluding hydrogens is 148 g/mol. The number of nitrogens with zero attached hydrogens (tertiary/aromatic N) is 2. The standard InChI is InChI=1S/C6H4N2O3/c9-2-5-1-6(3-10,4-11)8-7-5/h1-4H. The Balaban J connectivity index is 3.03. The maximum absolute atomic E-state index is 10.3. The van der Waals surface area contributed by atoms with Crippen molar-refractivity contribution in [2.24, 2.45) is 10.2 Å². The van der Waals surface area contributed by atoms with Crippen molar-refractivity contribution in [1.29, 1.82) is 0 Å². The molecule has 0 aromatic carbocycles. The first-order valence-corrected chi connectivity index (χ1v) is 2.80. The third kappa shape index (κ3) is 1.12. The molecule has 1 aliphatic heterocycles. The Hall–Kier alpha value is -1.65. The monoisotopic (exact) mass is 152 g/mol. The van der Waals surface area contributed by atoms with Crippen LogP contribution >= 0.6 is 0 Å². The van der Waals surface area contributed by atoms with Crippen molar-refractivity contribution in [3.05, 3.63) is 11.8 Å². The SMILES string of the molecule is O=CC1=CC(C=O)(C=O)N=N1. The van der Waals surface area contributed by atoms with Gasteiger partial charge in [0.15, 0.2) is 18.9 Å². The zero-order chi connectivity index (χ0) is 8.32. The Bertz CT molecular complexity index is 259. The van der Waals surface area contributed by atoms with Gasteiger partial charge in [-0.2, -0.15) is 10.2 Å². The lowest BCUT2D eigenvalue weighted by atomic mass is 10.1. The lowest BCUT2D eigenvalue weighted by Crippen LogP contribution is -2.25. The van der Waals surface area contributed by atoms with E-state index < -0.39 is 5.54 Å². The molecule has 0 fully saturated rings. The predicted molar refractivity (Wildman–Crippen MR) is 33.9 cm³/mol. The van der Waals surface area contributed by atoms with Crippen molar-refractivity contribution in [3.8, 4) is 0 Å². The van der Waals surface area contributed by atoms with Gasteiger partial charge in [0.25, 0.3) is 0 Å². The van der Waals surface area contributed by atoms with E-state index in [1.165, 1.54) is 0 Å². The summed E-state index contributed by atoms with van der Waals surface area (Å²) in [5.41, 5.74) is -1.54. The molecule has 0 amide bonds. The summed E-state index contributed by atoms with van der Waals surface area (Å²) in [6.45, 7) is 0. The normalized spacial score (nSPS) is 19.1. The second kappa shape index (κ2) is 2.53. The van der Waals surface area contributed by atoms with Gasteiger partial charge in [0.05, 0.1) is 0 Å². The molecule has 0 unspecified atom stereocenters. The Morgan fingerprint density at radius 3 is 2.18 bits per heavy atom. The highest BCUT2D eigenvalue weighted by atomic mass is 16.1. The minimum absolute atomic E-state index is 0.00389. The summed E-state index contributed by atoms with van der Waals surface area (Å²) in [7, 11) is 0. The molecule has 0 saturated carbocycles.